The molecule has 0 saturated carbocycles. The molecule has 0 aromatic heterocycles. The van der Waals surface area contributed by atoms with Gasteiger partial charge in [-0.3, -0.25) is 4.90 Å². The van der Waals surface area contributed by atoms with E-state index in [0.29, 0.717) is 6.61 Å². The Hall–Kier alpha value is -0.0951. The molecular formula is C10H20BNO3. The lowest BCUT2D eigenvalue weighted by Gasteiger charge is -2.20. The summed E-state index contributed by atoms with van der Waals surface area (Å²) < 4.78 is 17.0. The summed E-state index contributed by atoms with van der Waals surface area (Å²) in [6.45, 7) is 7.02. The molecule has 2 aliphatic heterocycles. The van der Waals surface area contributed by atoms with Crippen LogP contribution in [-0.4, -0.2) is 51.2 Å². The van der Waals surface area contributed by atoms with Crippen LogP contribution in [0.5, 0.6) is 0 Å². The first-order valence-corrected chi connectivity index (χ1v) is 5.48. The van der Waals surface area contributed by atoms with Crippen LogP contribution in [0.4, 0.5) is 0 Å². The number of ether oxygens (including phenoxy) is 1. The molecule has 2 aliphatic rings. The van der Waals surface area contributed by atoms with Gasteiger partial charge in [0.2, 0.25) is 0 Å². The maximum Gasteiger partial charge on any atom is 0.463 e. The normalized spacial score (nSPS) is 36.4. The van der Waals surface area contributed by atoms with Crippen molar-refractivity contribution in [2.75, 3.05) is 20.7 Å². The Labute approximate surface area is 92.0 Å². The topological polar surface area (TPSA) is 34.2 Å². The number of likely N-dealkylation sites (N-methyl/N-ethyl adjacent to an activating group) is 1. The first-order chi connectivity index (χ1) is 6.89. The van der Waals surface area contributed by atoms with Crippen LogP contribution in [0.2, 0.25) is 5.31 Å². The van der Waals surface area contributed by atoms with E-state index in [9.17, 15) is 0 Å². The van der Waals surface area contributed by atoms with E-state index >= 15 is 0 Å². The lowest BCUT2D eigenvalue weighted by Crippen LogP contribution is -2.30. The van der Waals surface area contributed by atoms with E-state index in [1.165, 1.54) is 0 Å². The third-order valence-corrected chi connectivity index (χ3v) is 2.79. The number of epoxide rings is 1. The molecule has 0 aromatic rings. The standard InChI is InChI=1S/C10H20BNO3/c1-10(2,3)11-13-6-7(15-11)8-9(14-8)12(4)5/h7-9H,6H2,1-5H3. The van der Waals surface area contributed by atoms with Gasteiger partial charge in [-0.2, -0.15) is 0 Å². The summed E-state index contributed by atoms with van der Waals surface area (Å²) in [7, 11) is 3.93. The van der Waals surface area contributed by atoms with E-state index < -0.39 is 0 Å². The fourth-order valence-electron chi connectivity index (χ4n) is 1.85. The molecule has 3 unspecified atom stereocenters. The Morgan fingerprint density at radius 3 is 2.33 bits per heavy atom. The third-order valence-electron chi connectivity index (χ3n) is 2.79. The minimum atomic E-state index is -0.102. The molecule has 0 spiro atoms. The third kappa shape index (κ3) is 2.36. The molecule has 0 radical (unpaired) electrons. The first kappa shape index (κ1) is 11.4. The van der Waals surface area contributed by atoms with Gasteiger partial charge in [-0.15, -0.1) is 0 Å². The van der Waals surface area contributed by atoms with E-state index in [1.807, 2.05) is 14.1 Å². The van der Waals surface area contributed by atoms with Crippen molar-refractivity contribution in [3.8, 4) is 0 Å². The second-order valence-electron chi connectivity index (χ2n) is 5.66. The smallest absolute Gasteiger partial charge is 0.408 e. The molecule has 86 valence electrons. The monoisotopic (exact) mass is 213 g/mol. The number of nitrogens with zero attached hydrogens (tertiary/aromatic N) is 1. The molecule has 4 nitrogen and oxygen atoms in total. The Morgan fingerprint density at radius 2 is 1.93 bits per heavy atom. The summed E-state index contributed by atoms with van der Waals surface area (Å²) >= 11 is 0. The van der Waals surface area contributed by atoms with E-state index in [2.05, 4.69) is 25.7 Å². The van der Waals surface area contributed by atoms with Crippen molar-refractivity contribution >= 4 is 7.12 Å². The highest BCUT2D eigenvalue weighted by Gasteiger charge is 2.53. The van der Waals surface area contributed by atoms with Crippen molar-refractivity contribution in [1.82, 2.24) is 4.90 Å². The molecule has 3 atom stereocenters. The summed E-state index contributed by atoms with van der Waals surface area (Å²) in [5, 5.41) is 0.0389. The molecule has 2 rings (SSSR count). The Bertz CT molecular complexity index is 241. The van der Waals surface area contributed by atoms with E-state index in [4.69, 9.17) is 14.0 Å². The van der Waals surface area contributed by atoms with Crippen LogP contribution in [-0.2, 0) is 14.0 Å². The predicted molar refractivity (Wildman–Crippen MR) is 58.6 cm³/mol. The van der Waals surface area contributed by atoms with Gasteiger partial charge in [-0.1, -0.05) is 20.8 Å². The zero-order valence-electron chi connectivity index (χ0n) is 10.2. The van der Waals surface area contributed by atoms with Gasteiger partial charge in [-0.05, 0) is 19.4 Å². The van der Waals surface area contributed by atoms with Crippen molar-refractivity contribution in [1.29, 1.82) is 0 Å². The van der Waals surface area contributed by atoms with Crippen molar-refractivity contribution in [3.63, 3.8) is 0 Å². The Kier molecular flexibility index (Phi) is 2.84. The van der Waals surface area contributed by atoms with Crippen LogP contribution in [0.1, 0.15) is 20.8 Å². The SMILES string of the molecule is CN(C)C1OC1C1COB(C(C)(C)C)O1. The van der Waals surface area contributed by atoms with Gasteiger partial charge < -0.3 is 14.0 Å². The molecule has 0 aliphatic carbocycles. The van der Waals surface area contributed by atoms with Gasteiger partial charge in [0.05, 0.1) is 12.7 Å². The van der Waals surface area contributed by atoms with Crippen LogP contribution in [0, 0.1) is 0 Å². The second kappa shape index (κ2) is 3.73. The Morgan fingerprint density at radius 1 is 1.27 bits per heavy atom. The fraction of sp³-hybridized carbons (Fsp3) is 1.00. The number of rotatable bonds is 2. The van der Waals surface area contributed by atoms with Crippen molar-refractivity contribution in [2.24, 2.45) is 0 Å². The van der Waals surface area contributed by atoms with E-state index in [1.54, 1.807) is 0 Å². The minimum absolute atomic E-state index is 0.0389. The van der Waals surface area contributed by atoms with Gasteiger partial charge in [0, 0.05) is 0 Å². The van der Waals surface area contributed by atoms with Crippen LogP contribution in [0.25, 0.3) is 0 Å². The first-order valence-electron chi connectivity index (χ1n) is 5.48. The highest BCUT2D eigenvalue weighted by molar-refractivity contribution is 6.48. The van der Waals surface area contributed by atoms with Gasteiger partial charge in [0.25, 0.3) is 0 Å². The predicted octanol–water partition coefficient (Wildman–Crippen LogP) is 0.977. The molecule has 2 saturated heterocycles. The second-order valence-corrected chi connectivity index (χ2v) is 5.66. The average Bonchev–Trinajstić information content (AvgIpc) is 2.74. The maximum atomic E-state index is 5.86. The lowest BCUT2D eigenvalue weighted by molar-refractivity contribution is 0.177. The molecule has 0 aromatic carbocycles. The molecular weight excluding hydrogens is 193 g/mol. The molecule has 15 heavy (non-hydrogen) atoms. The van der Waals surface area contributed by atoms with Crippen LogP contribution >= 0.6 is 0 Å². The zero-order chi connectivity index (χ0) is 11.2. The van der Waals surface area contributed by atoms with Crippen LogP contribution in [0.3, 0.4) is 0 Å². The maximum absolute atomic E-state index is 5.86. The molecule has 2 fully saturated rings. The van der Waals surface area contributed by atoms with Crippen LogP contribution < -0.4 is 0 Å². The number of hydrogen-bond donors (Lipinski definition) is 0. The molecule has 0 bridgehead atoms. The van der Waals surface area contributed by atoms with E-state index in [0.717, 1.165) is 0 Å². The van der Waals surface area contributed by atoms with Gasteiger partial charge in [-0.25, -0.2) is 0 Å². The van der Waals surface area contributed by atoms with E-state index in [-0.39, 0.29) is 30.9 Å². The average molecular weight is 213 g/mol. The summed E-state index contributed by atoms with van der Waals surface area (Å²) in [5.74, 6) is 0. The fourth-order valence-corrected chi connectivity index (χ4v) is 1.85. The molecule has 5 heteroatoms. The summed E-state index contributed by atoms with van der Waals surface area (Å²) in [6.07, 6.45) is 0.492. The summed E-state index contributed by atoms with van der Waals surface area (Å²) in [6, 6.07) is 0. The lowest BCUT2D eigenvalue weighted by atomic mass is 9.61. The molecule has 0 N–H and O–H groups in total. The quantitative estimate of drug-likeness (QED) is 0.505. The van der Waals surface area contributed by atoms with Gasteiger partial charge in [0.15, 0.2) is 0 Å². The highest BCUT2D eigenvalue weighted by Crippen LogP contribution is 2.37. The molecule has 0 amide bonds. The number of hydrogen-bond acceptors (Lipinski definition) is 4. The van der Waals surface area contributed by atoms with Gasteiger partial charge in [0.1, 0.15) is 12.3 Å². The van der Waals surface area contributed by atoms with Gasteiger partial charge >= 0.3 is 7.12 Å². The summed E-state index contributed by atoms with van der Waals surface area (Å²) in [4.78, 5) is 2.07. The zero-order valence-corrected chi connectivity index (χ0v) is 10.2. The van der Waals surface area contributed by atoms with Crippen LogP contribution in [0.15, 0.2) is 0 Å². The van der Waals surface area contributed by atoms with Crippen molar-refractivity contribution < 1.29 is 14.0 Å². The Balaban J connectivity index is 1.85. The molecule has 2 heterocycles. The van der Waals surface area contributed by atoms with Crippen molar-refractivity contribution in [2.45, 2.75) is 44.5 Å². The minimum Gasteiger partial charge on any atom is -0.408 e. The van der Waals surface area contributed by atoms with Crippen molar-refractivity contribution in [3.05, 3.63) is 0 Å². The highest BCUT2D eigenvalue weighted by atomic mass is 16.7. The summed E-state index contributed by atoms with van der Waals surface area (Å²) in [5.41, 5.74) is 0. The largest absolute Gasteiger partial charge is 0.463 e.